The Labute approximate surface area is 136 Å². The number of aryl methyl sites for hydroxylation is 2. The van der Waals surface area contributed by atoms with E-state index < -0.39 is 0 Å². The van der Waals surface area contributed by atoms with E-state index in [0.29, 0.717) is 0 Å². The Bertz CT molecular complexity index is 728. The van der Waals surface area contributed by atoms with Crippen LogP contribution < -0.4 is 0 Å². The van der Waals surface area contributed by atoms with Crippen molar-refractivity contribution in [1.29, 1.82) is 0 Å². The topological polar surface area (TPSA) is 35.2 Å². The molecule has 2 heterocycles. The highest BCUT2D eigenvalue weighted by molar-refractivity contribution is 7.71. The van der Waals surface area contributed by atoms with E-state index in [1.165, 1.54) is 11.1 Å². The third-order valence-corrected chi connectivity index (χ3v) is 4.65. The first-order valence-corrected chi connectivity index (χ1v) is 8.02. The lowest BCUT2D eigenvalue weighted by Crippen LogP contribution is -2.37. The molecule has 0 unspecified atom stereocenters. The summed E-state index contributed by atoms with van der Waals surface area (Å²) in [6, 6.07) is 6.29. The Kier molecular flexibility index (Phi) is 4.42. The van der Waals surface area contributed by atoms with Crippen molar-refractivity contribution in [3.63, 3.8) is 0 Å². The Balaban J connectivity index is 1.96. The molecule has 118 valence electrons. The first-order chi connectivity index (χ1) is 10.6. The molecule has 1 aliphatic rings. The third kappa shape index (κ3) is 2.86. The maximum absolute atomic E-state index is 5.67. The highest BCUT2D eigenvalue weighted by atomic mass is 32.1. The van der Waals surface area contributed by atoms with Gasteiger partial charge in [0.25, 0.3) is 0 Å². The maximum atomic E-state index is 5.67. The molecule has 1 saturated heterocycles. The van der Waals surface area contributed by atoms with Crippen molar-refractivity contribution < 1.29 is 4.74 Å². The van der Waals surface area contributed by atoms with Gasteiger partial charge in [0.15, 0.2) is 0 Å². The smallest absolute Gasteiger partial charge is 0.203 e. The van der Waals surface area contributed by atoms with Crippen molar-refractivity contribution >= 4 is 12.2 Å². The summed E-state index contributed by atoms with van der Waals surface area (Å²) in [5.74, 6) is 0.923. The Morgan fingerprint density at radius 3 is 2.64 bits per heavy atom. The number of aromatic nitrogens is 3. The van der Waals surface area contributed by atoms with E-state index >= 15 is 0 Å². The van der Waals surface area contributed by atoms with Crippen LogP contribution in [0.4, 0.5) is 0 Å². The monoisotopic (exact) mass is 318 g/mol. The lowest BCUT2D eigenvalue weighted by atomic mass is 10.1. The average molecular weight is 318 g/mol. The molecule has 6 heteroatoms. The zero-order valence-corrected chi connectivity index (χ0v) is 14.2. The summed E-state index contributed by atoms with van der Waals surface area (Å²) in [6.07, 6.45) is 0. The third-order valence-electron chi connectivity index (χ3n) is 4.26. The first kappa shape index (κ1) is 15.4. The molecule has 2 aromatic rings. The fourth-order valence-corrected chi connectivity index (χ4v) is 3.12. The summed E-state index contributed by atoms with van der Waals surface area (Å²) in [6.45, 7) is 10.4. The van der Waals surface area contributed by atoms with E-state index in [1.54, 1.807) is 0 Å². The van der Waals surface area contributed by atoms with E-state index in [0.717, 1.165) is 49.3 Å². The molecule has 1 aromatic heterocycles. The van der Waals surface area contributed by atoms with Crippen molar-refractivity contribution in [2.45, 2.75) is 27.4 Å². The maximum Gasteiger partial charge on any atom is 0.203 e. The fourth-order valence-electron chi connectivity index (χ4n) is 2.80. The van der Waals surface area contributed by atoms with Crippen molar-refractivity contribution in [1.82, 2.24) is 19.2 Å². The molecular formula is C16H22N4OS. The van der Waals surface area contributed by atoms with E-state index in [2.05, 4.69) is 46.6 Å². The van der Waals surface area contributed by atoms with Gasteiger partial charge in [0.1, 0.15) is 5.82 Å². The number of nitrogens with zero attached hydrogens (tertiary/aromatic N) is 4. The van der Waals surface area contributed by atoms with Crippen LogP contribution in [-0.4, -0.2) is 45.6 Å². The molecule has 0 amide bonds. The first-order valence-electron chi connectivity index (χ1n) is 7.61. The van der Waals surface area contributed by atoms with Gasteiger partial charge in [-0.3, -0.25) is 9.47 Å². The van der Waals surface area contributed by atoms with Gasteiger partial charge in [-0.25, -0.2) is 4.68 Å². The van der Waals surface area contributed by atoms with E-state index in [1.807, 2.05) is 11.6 Å². The second kappa shape index (κ2) is 6.32. The molecule has 3 rings (SSSR count). The molecule has 0 N–H and O–H groups in total. The van der Waals surface area contributed by atoms with Gasteiger partial charge >= 0.3 is 0 Å². The van der Waals surface area contributed by atoms with Gasteiger partial charge in [0.2, 0.25) is 4.77 Å². The summed E-state index contributed by atoms with van der Waals surface area (Å²) in [5.41, 5.74) is 3.63. The van der Waals surface area contributed by atoms with Crippen LogP contribution >= 0.6 is 12.2 Å². The number of rotatable bonds is 3. The molecule has 5 nitrogen and oxygen atoms in total. The van der Waals surface area contributed by atoms with Crippen LogP contribution in [0.25, 0.3) is 5.69 Å². The van der Waals surface area contributed by atoms with Gasteiger partial charge in [-0.1, -0.05) is 12.1 Å². The van der Waals surface area contributed by atoms with Gasteiger partial charge in [0.05, 0.1) is 25.6 Å². The molecule has 0 aliphatic carbocycles. The normalized spacial score (nSPS) is 16.1. The number of morpholine rings is 1. The Morgan fingerprint density at radius 2 is 1.91 bits per heavy atom. The van der Waals surface area contributed by atoms with Crippen LogP contribution in [0.2, 0.25) is 0 Å². The van der Waals surface area contributed by atoms with E-state index in [4.69, 9.17) is 17.0 Å². The van der Waals surface area contributed by atoms with Gasteiger partial charge in [0, 0.05) is 13.1 Å². The predicted octanol–water partition coefficient (Wildman–Crippen LogP) is 2.62. The zero-order valence-electron chi connectivity index (χ0n) is 13.4. The van der Waals surface area contributed by atoms with E-state index in [9.17, 15) is 0 Å². The summed E-state index contributed by atoms with van der Waals surface area (Å²) >= 11 is 5.67. The predicted molar refractivity (Wildman–Crippen MR) is 89.0 cm³/mol. The van der Waals surface area contributed by atoms with Crippen LogP contribution in [0.3, 0.4) is 0 Å². The largest absolute Gasteiger partial charge is 0.379 e. The minimum Gasteiger partial charge on any atom is -0.379 e. The van der Waals surface area contributed by atoms with E-state index in [-0.39, 0.29) is 0 Å². The van der Waals surface area contributed by atoms with Gasteiger partial charge in [-0.05, 0) is 50.2 Å². The van der Waals surface area contributed by atoms with Crippen LogP contribution in [0.15, 0.2) is 18.2 Å². The molecule has 0 spiro atoms. The average Bonchev–Trinajstić information content (AvgIpc) is 2.78. The molecule has 0 saturated carbocycles. The Morgan fingerprint density at radius 1 is 1.18 bits per heavy atom. The Hall–Kier alpha value is -1.50. The number of ether oxygens (including phenoxy) is 1. The van der Waals surface area contributed by atoms with Crippen molar-refractivity contribution in [2.24, 2.45) is 0 Å². The number of hydrogen-bond donors (Lipinski definition) is 0. The summed E-state index contributed by atoms with van der Waals surface area (Å²) in [4.78, 5) is 2.32. The van der Waals surface area contributed by atoms with Crippen molar-refractivity contribution in [3.8, 4) is 5.69 Å². The van der Waals surface area contributed by atoms with Gasteiger partial charge < -0.3 is 4.74 Å². The van der Waals surface area contributed by atoms with Crippen LogP contribution in [0, 0.1) is 25.5 Å². The summed E-state index contributed by atoms with van der Waals surface area (Å²) < 4.78 is 10.1. The molecule has 0 radical (unpaired) electrons. The standard InChI is InChI=1S/C16H22N4OS/c1-12-5-4-6-15(13(12)2)20-14(3)17-19(16(20)22)11-18-7-9-21-10-8-18/h4-6H,7-11H2,1-3H3. The minimum atomic E-state index is 0.723. The highest BCUT2D eigenvalue weighted by Crippen LogP contribution is 2.19. The summed E-state index contributed by atoms with van der Waals surface area (Å²) in [5, 5.41) is 4.64. The molecule has 1 aliphatic heterocycles. The molecule has 0 atom stereocenters. The lowest BCUT2D eigenvalue weighted by molar-refractivity contribution is 0.0209. The van der Waals surface area contributed by atoms with Crippen molar-refractivity contribution in [3.05, 3.63) is 39.9 Å². The SMILES string of the molecule is Cc1cccc(-n2c(C)nn(CN3CCOCC3)c2=S)c1C. The molecule has 22 heavy (non-hydrogen) atoms. The molecule has 1 aromatic carbocycles. The second-order valence-electron chi connectivity index (χ2n) is 5.76. The molecule has 1 fully saturated rings. The molecular weight excluding hydrogens is 296 g/mol. The highest BCUT2D eigenvalue weighted by Gasteiger charge is 2.15. The van der Waals surface area contributed by atoms with Gasteiger partial charge in [-0.15, -0.1) is 0 Å². The lowest BCUT2D eigenvalue weighted by Gasteiger charge is -2.26. The second-order valence-corrected chi connectivity index (χ2v) is 6.12. The summed E-state index contributed by atoms with van der Waals surface area (Å²) in [7, 11) is 0. The van der Waals surface area contributed by atoms with Crippen LogP contribution in [-0.2, 0) is 11.4 Å². The zero-order chi connectivity index (χ0) is 15.7. The fraction of sp³-hybridized carbons (Fsp3) is 0.500. The van der Waals surface area contributed by atoms with Gasteiger partial charge in [-0.2, -0.15) is 5.10 Å². The number of benzene rings is 1. The van der Waals surface area contributed by atoms with Crippen molar-refractivity contribution in [2.75, 3.05) is 26.3 Å². The quantitative estimate of drug-likeness (QED) is 0.815. The van der Waals surface area contributed by atoms with Crippen LogP contribution in [0.5, 0.6) is 0 Å². The number of hydrogen-bond acceptors (Lipinski definition) is 4. The molecule has 0 bridgehead atoms. The van der Waals surface area contributed by atoms with Crippen LogP contribution in [0.1, 0.15) is 17.0 Å². The minimum absolute atomic E-state index is 0.723.